The van der Waals surface area contributed by atoms with Crippen LogP contribution in [0.3, 0.4) is 0 Å². The highest BCUT2D eigenvalue weighted by molar-refractivity contribution is 5.77. The van der Waals surface area contributed by atoms with Gasteiger partial charge in [0.2, 0.25) is 5.91 Å². The van der Waals surface area contributed by atoms with Gasteiger partial charge in [0.15, 0.2) is 0 Å². The zero-order chi connectivity index (χ0) is 43.8. The van der Waals surface area contributed by atoms with Gasteiger partial charge in [0.1, 0.15) is 6.10 Å². The molecule has 6 heteroatoms. The number of ether oxygens (including phenoxy) is 1. The summed E-state index contributed by atoms with van der Waals surface area (Å²) in [6, 6.07) is -0.713. The van der Waals surface area contributed by atoms with Crippen LogP contribution >= 0.6 is 0 Å². The summed E-state index contributed by atoms with van der Waals surface area (Å²) in [6.07, 6.45) is 58.5. The summed E-state index contributed by atoms with van der Waals surface area (Å²) in [5.74, 6) is -0.528. The molecule has 3 unspecified atom stereocenters. The van der Waals surface area contributed by atoms with Crippen molar-refractivity contribution < 1.29 is 24.5 Å². The fraction of sp³-hybridized carbons (Fsp3) is 0.778. The fourth-order valence-corrected chi connectivity index (χ4v) is 7.39. The zero-order valence-electron chi connectivity index (χ0n) is 39.6. The van der Waals surface area contributed by atoms with E-state index in [1.54, 1.807) is 0 Å². The number of hydrogen-bond donors (Lipinski definition) is 3. The van der Waals surface area contributed by atoms with Gasteiger partial charge in [0.05, 0.1) is 25.2 Å². The summed E-state index contributed by atoms with van der Waals surface area (Å²) in [4.78, 5) is 26.0. The first-order valence-electron chi connectivity index (χ1n) is 25.5. The van der Waals surface area contributed by atoms with Crippen molar-refractivity contribution in [3.05, 3.63) is 60.8 Å². The second-order valence-corrected chi connectivity index (χ2v) is 17.2. The molecule has 0 aromatic heterocycles. The molecule has 0 aliphatic heterocycles. The van der Waals surface area contributed by atoms with Crippen molar-refractivity contribution >= 4 is 11.9 Å². The van der Waals surface area contributed by atoms with E-state index in [1.807, 2.05) is 0 Å². The molecule has 0 saturated carbocycles. The van der Waals surface area contributed by atoms with E-state index in [9.17, 15) is 19.8 Å². The van der Waals surface area contributed by atoms with Crippen LogP contribution in [0.4, 0.5) is 0 Å². The van der Waals surface area contributed by atoms with Crippen molar-refractivity contribution in [3.63, 3.8) is 0 Å². The zero-order valence-corrected chi connectivity index (χ0v) is 39.6. The molecular weight excluding hydrogens is 743 g/mol. The number of aliphatic hydroxyl groups excluding tert-OH is 2. The molecule has 0 rings (SSSR count). The molecule has 0 aliphatic rings. The smallest absolute Gasteiger partial charge is 0.306 e. The van der Waals surface area contributed by atoms with Crippen molar-refractivity contribution in [1.82, 2.24) is 5.32 Å². The molecule has 0 saturated heterocycles. The lowest BCUT2D eigenvalue weighted by molar-refractivity contribution is -0.151. The number of aliphatic hydroxyl groups is 2. The number of rotatable bonds is 45. The van der Waals surface area contributed by atoms with Crippen molar-refractivity contribution in [2.45, 2.75) is 264 Å². The predicted octanol–water partition coefficient (Wildman–Crippen LogP) is 15.2. The van der Waals surface area contributed by atoms with Crippen LogP contribution in [0.15, 0.2) is 60.8 Å². The van der Waals surface area contributed by atoms with Gasteiger partial charge in [-0.3, -0.25) is 9.59 Å². The molecule has 0 aromatic carbocycles. The number of unbranched alkanes of at least 4 members (excludes halogenated alkanes) is 23. The Bertz CT molecular complexity index is 1080. The van der Waals surface area contributed by atoms with Gasteiger partial charge in [-0.25, -0.2) is 0 Å². The maximum atomic E-state index is 13.2. The Balaban J connectivity index is 4.53. The monoisotopic (exact) mass is 840 g/mol. The molecule has 0 aliphatic carbocycles. The minimum Gasteiger partial charge on any atom is -0.462 e. The lowest BCUT2D eigenvalue weighted by Gasteiger charge is -2.24. The van der Waals surface area contributed by atoms with Gasteiger partial charge < -0.3 is 20.3 Å². The van der Waals surface area contributed by atoms with Crippen LogP contribution in [-0.4, -0.2) is 46.9 Å². The minimum atomic E-state index is -0.797. The molecule has 0 spiro atoms. The number of nitrogens with one attached hydrogen (secondary N) is 1. The number of esters is 1. The van der Waals surface area contributed by atoms with Gasteiger partial charge >= 0.3 is 5.97 Å². The highest BCUT2D eigenvalue weighted by atomic mass is 16.5. The maximum absolute atomic E-state index is 13.2. The Morgan fingerprint density at radius 1 is 0.483 bits per heavy atom. The molecule has 0 fully saturated rings. The first-order chi connectivity index (χ1) is 29.5. The van der Waals surface area contributed by atoms with Crippen LogP contribution in [0.1, 0.15) is 245 Å². The average molecular weight is 840 g/mol. The molecular formula is C54H97NO5. The third-order valence-corrected chi connectivity index (χ3v) is 11.3. The van der Waals surface area contributed by atoms with E-state index in [0.717, 1.165) is 96.3 Å². The van der Waals surface area contributed by atoms with E-state index >= 15 is 0 Å². The van der Waals surface area contributed by atoms with E-state index in [1.165, 1.54) is 103 Å². The van der Waals surface area contributed by atoms with Crippen LogP contribution in [0.2, 0.25) is 0 Å². The number of hydrogen-bond acceptors (Lipinski definition) is 5. The van der Waals surface area contributed by atoms with Crippen molar-refractivity contribution in [2.75, 3.05) is 6.61 Å². The molecule has 0 bridgehead atoms. The molecule has 3 atom stereocenters. The van der Waals surface area contributed by atoms with E-state index < -0.39 is 18.2 Å². The van der Waals surface area contributed by atoms with Gasteiger partial charge in [-0.1, -0.05) is 204 Å². The number of carbonyl (C=O) groups excluding carboxylic acids is 2. The van der Waals surface area contributed by atoms with Crippen molar-refractivity contribution in [1.29, 1.82) is 0 Å². The van der Waals surface area contributed by atoms with E-state index in [4.69, 9.17) is 4.74 Å². The van der Waals surface area contributed by atoms with Crippen molar-refractivity contribution in [3.8, 4) is 0 Å². The van der Waals surface area contributed by atoms with E-state index in [2.05, 4.69) is 86.8 Å². The second kappa shape index (κ2) is 47.6. The lowest BCUT2D eigenvalue weighted by Crippen LogP contribution is -2.46. The SMILES string of the molecule is CCCC/C=C\CCCCCC(CC(=O)NC(CO)C(O)CCCCCCCCCCCCCCC)OC(=O)CCCCC/C=C\C/C=C\C/C=C\C/C=C\CCCCC. The first kappa shape index (κ1) is 57.6. The summed E-state index contributed by atoms with van der Waals surface area (Å²) in [5, 5.41) is 23.7. The predicted molar refractivity (Wildman–Crippen MR) is 259 cm³/mol. The summed E-state index contributed by atoms with van der Waals surface area (Å²) in [7, 11) is 0. The van der Waals surface area contributed by atoms with Gasteiger partial charge in [-0.15, -0.1) is 0 Å². The van der Waals surface area contributed by atoms with E-state index in [-0.39, 0.29) is 24.9 Å². The molecule has 0 aromatic rings. The maximum Gasteiger partial charge on any atom is 0.306 e. The molecule has 348 valence electrons. The number of amides is 1. The Kier molecular flexibility index (Phi) is 45.7. The minimum absolute atomic E-state index is 0.0523. The van der Waals surface area contributed by atoms with Crippen LogP contribution in [0, 0.1) is 0 Å². The standard InChI is InChI=1S/C54H97NO5/c1-4-7-10-13-16-19-21-23-24-25-26-27-28-30-32-35-38-41-44-47-54(59)60-50(45-42-39-36-33-18-15-12-9-6-3)48-53(58)55-51(49-56)52(57)46-43-40-37-34-31-29-22-20-17-14-11-8-5-2/h15-16,18-19,23-24,26-27,30,32,50-52,56-57H,4-14,17,20-22,25,28-29,31,33-49H2,1-3H3,(H,55,58)/b18-15-,19-16-,24-23-,27-26-,32-30-. The van der Waals surface area contributed by atoms with Crippen LogP contribution < -0.4 is 5.32 Å². The van der Waals surface area contributed by atoms with Gasteiger partial charge in [0, 0.05) is 6.42 Å². The molecule has 1 amide bonds. The van der Waals surface area contributed by atoms with Crippen molar-refractivity contribution in [2.24, 2.45) is 0 Å². The molecule has 60 heavy (non-hydrogen) atoms. The summed E-state index contributed by atoms with van der Waals surface area (Å²) in [6.45, 7) is 6.39. The summed E-state index contributed by atoms with van der Waals surface area (Å²) >= 11 is 0. The van der Waals surface area contributed by atoms with Crippen LogP contribution in [-0.2, 0) is 14.3 Å². The lowest BCUT2D eigenvalue weighted by atomic mass is 10.0. The number of allylic oxidation sites excluding steroid dienone is 10. The quantitative estimate of drug-likeness (QED) is 0.0322. The highest BCUT2D eigenvalue weighted by Crippen LogP contribution is 2.17. The average Bonchev–Trinajstić information content (AvgIpc) is 3.24. The normalized spacial score (nSPS) is 13.8. The second-order valence-electron chi connectivity index (χ2n) is 17.2. The van der Waals surface area contributed by atoms with Gasteiger partial charge in [-0.05, 0) is 89.9 Å². The summed E-state index contributed by atoms with van der Waals surface area (Å²) in [5.41, 5.74) is 0. The van der Waals surface area contributed by atoms with Gasteiger partial charge in [-0.2, -0.15) is 0 Å². The number of carbonyl (C=O) groups is 2. The largest absolute Gasteiger partial charge is 0.462 e. The molecule has 0 heterocycles. The van der Waals surface area contributed by atoms with Crippen LogP contribution in [0.25, 0.3) is 0 Å². The van der Waals surface area contributed by atoms with Crippen LogP contribution in [0.5, 0.6) is 0 Å². The Hall–Kier alpha value is -2.44. The summed E-state index contributed by atoms with van der Waals surface area (Å²) < 4.78 is 5.89. The Labute approximate surface area is 371 Å². The highest BCUT2D eigenvalue weighted by Gasteiger charge is 2.24. The third-order valence-electron chi connectivity index (χ3n) is 11.3. The Morgan fingerprint density at radius 3 is 1.38 bits per heavy atom. The topological polar surface area (TPSA) is 95.9 Å². The molecule has 3 N–H and O–H groups in total. The first-order valence-corrected chi connectivity index (χ1v) is 25.5. The van der Waals surface area contributed by atoms with E-state index in [0.29, 0.717) is 19.3 Å². The Morgan fingerprint density at radius 2 is 0.867 bits per heavy atom. The fourth-order valence-electron chi connectivity index (χ4n) is 7.39. The third kappa shape index (κ3) is 42.3. The molecule has 0 radical (unpaired) electrons. The van der Waals surface area contributed by atoms with Gasteiger partial charge in [0.25, 0.3) is 0 Å². The molecule has 6 nitrogen and oxygen atoms in total.